The topological polar surface area (TPSA) is 67.8 Å². The molecule has 2 N–H and O–H groups in total. The van der Waals surface area contributed by atoms with Crippen LogP contribution in [0.2, 0.25) is 0 Å². The van der Waals surface area contributed by atoms with Gasteiger partial charge in [0.25, 0.3) is 0 Å². The maximum absolute atomic E-state index is 6.07. The Kier molecular flexibility index (Phi) is 9.46. The maximum atomic E-state index is 6.07. The van der Waals surface area contributed by atoms with E-state index in [0.29, 0.717) is 19.7 Å². The number of aliphatic imine (C=N–C) groups is 1. The third-order valence-electron chi connectivity index (χ3n) is 4.42. The molecule has 28 heavy (non-hydrogen) atoms. The molecule has 1 atom stereocenters. The van der Waals surface area contributed by atoms with Crippen molar-refractivity contribution in [3.8, 4) is 5.75 Å². The van der Waals surface area contributed by atoms with E-state index in [4.69, 9.17) is 9.47 Å². The molecule has 1 saturated heterocycles. The van der Waals surface area contributed by atoms with E-state index < -0.39 is 0 Å². The Balaban J connectivity index is 0.00000280. The molecule has 1 fully saturated rings. The summed E-state index contributed by atoms with van der Waals surface area (Å²) in [5.74, 6) is 1.65. The van der Waals surface area contributed by atoms with Crippen LogP contribution in [-0.2, 0) is 17.8 Å². The molecular formula is C20H29IN4O2S. The summed E-state index contributed by atoms with van der Waals surface area (Å²) >= 11 is 1.69. The fourth-order valence-electron chi connectivity index (χ4n) is 2.94. The quantitative estimate of drug-likeness (QED) is 0.333. The molecule has 6 nitrogen and oxygen atoms in total. The van der Waals surface area contributed by atoms with Gasteiger partial charge in [-0.15, -0.1) is 35.3 Å². The van der Waals surface area contributed by atoms with Crippen LogP contribution in [0.25, 0.3) is 0 Å². The normalized spacial score (nSPS) is 16.5. The lowest BCUT2D eigenvalue weighted by Gasteiger charge is -2.17. The number of aryl methyl sites for hydroxylation is 2. The van der Waals surface area contributed by atoms with Crippen molar-refractivity contribution < 1.29 is 9.47 Å². The monoisotopic (exact) mass is 516 g/mol. The minimum absolute atomic E-state index is 0. The third-order valence-corrected chi connectivity index (χ3v) is 5.33. The molecule has 8 heteroatoms. The molecule has 0 spiro atoms. The van der Waals surface area contributed by atoms with E-state index in [1.54, 1.807) is 18.4 Å². The van der Waals surface area contributed by atoms with Crippen LogP contribution in [0.5, 0.6) is 5.75 Å². The number of benzene rings is 1. The number of hydrogen-bond donors (Lipinski definition) is 2. The van der Waals surface area contributed by atoms with Crippen LogP contribution in [0.3, 0.4) is 0 Å². The van der Waals surface area contributed by atoms with Crippen molar-refractivity contribution in [2.24, 2.45) is 4.99 Å². The van der Waals surface area contributed by atoms with Crippen molar-refractivity contribution in [2.45, 2.75) is 45.9 Å². The van der Waals surface area contributed by atoms with Crippen molar-refractivity contribution >= 4 is 41.3 Å². The predicted octanol–water partition coefficient (Wildman–Crippen LogP) is 3.80. The van der Waals surface area contributed by atoms with E-state index in [1.807, 2.05) is 6.20 Å². The summed E-state index contributed by atoms with van der Waals surface area (Å²) in [7, 11) is 1.77. The second-order valence-electron chi connectivity index (χ2n) is 6.70. The minimum atomic E-state index is 0. The minimum Gasteiger partial charge on any atom is -0.491 e. The van der Waals surface area contributed by atoms with Gasteiger partial charge in [-0.1, -0.05) is 12.1 Å². The number of hydrogen-bond acceptors (Lipinski definition) is 5. The van der Waals surface area contributed by atoms with Gasteiger partial charge in [0.15, 0.2) is 5.96 Å². The molecule has 2 aromatic rings. The van der Waals surface area contributed by atoms with Crippen molar-refractivity contribution in [1.29, 1.82) is 0 Å². The Labute approximate surface area is 188 Å². The van der Waals surface area contributed by atoms with Crippen LogP contribution in [0.15, 0.2) is 29.4 Å². The van der Waals surface area contributed by atoms with E-state index in [-0.39, 0.29) is 30.1 Å². The van der Waals surface area contributed by atoms with Crippen molar-refractivity contribution in [2.75, 3.05) is 20.3 Å². The number of aromatic nitrogens is 1. The molecule has 154 valence electrons. The number of nitrogens with zero attached hydrogens (tertiary/aromatic N) is 2. The van der Waals surface area contributed by atoms with Crippen LogP contribution in [0, 0.1) is 13.8 Å². The van der Waals surface area contributed by atoms with Crippen molar-refractivity contribution in [1.82, 2.24) is 15.6 Å². The zero-order valence-electron chi connectivity index (χ0n) is 16.7. The summed E-state index contributed by atoms with van der Waals surface area (Å²) in [6, 6.07) is 6.29. The molecule has 0 bridgehead atoms. The molecular weight excluding hydrogens is 487 g/mol. The van der Waals surface area contributed by atoms with Crippen molar-refractivity contribution in [3.63, 3.8) is 0 Å². The second-order valence-corrected chi connectivity index (χ2v) is 8.02. The average Bonchev–Trinajstić information content (AvgIpc) is 3.33. The molecule has 1 unspecified atom stereocenters. The zero-order valence-corrected chi connectivity index (χ0v) is 19.8. The smallest absolute Gasteiger partial charge is 0.191 e. The fourth-order valence-corrected chi connectivity index (χ4v) is 3.67. The van der Waals surface area contributed by atoms with Gasteiger partial charge in [0, 0.05) is 36.8 Å². The molecule has 0 aliphatic carbocycles. The van der Waals surface area contributed by atoms with Crippen LogP contribution >= 0.6 is 35.3 Å². The number of rotatable bonds is 7. The third kappa shape index (κ3) is 6.89. The van der Waals surface area contributed by atoms with E-state index in [1.165, 1.54) is 10.4 Å². The van der Waals surface area contributed by atoms with Crippen LogP contribution in [-0.4, -0.2) is 37.3 Å². The molecule has 3 rings (SSSR count). The first-order chi connectivity index (χ1) is 13.1. The Morgan fingerprint density at radius 2 is 2.14 bits per heavy atom. The van der Waals surface area contributed by atoms with Gasteiger partial charge in [-0.2, -0.15) is 0 Å². The summed E-state index contributed by atoms with van der Waals surface area (Å²) in [6.45, 7) is 6.88. The van der Waals surface area contributed by atoms with Gasteiger partial charge in [0.05, 0.1) is 12.6 Å². The maximum Gasteiger partial charge on any atom is 0.191 e. The summed E-state index contributed by atoms with van der Waals surface area (Å²) in [5, 5.41) is 7.71. The first kappa shape index (κ1) is 22.9. The van der Waals surface area contributed by atoms with Crippen molar-refractivity contribution in [3.05, 3.63) is 45.4 Å². The molecule has 0 amide bonds. The van der Waals surface area contributed by atoms with E-state index in [2.05, 4.69) is 52.7 Å². The molecule has 0 saturated carbocycles. The van der Waals surface area contributed by atoms with Crippen LogP contribution in [0.4, 0.5) is 0 Å². The summed E-state index contributed by atoms with van der Waals surface area (Å²) < 4.78 is 11.7. The predicted molar refractivity (Wildman–Crippen MR) is 125 cm³/mol. The molecule has 1 aromatic carbocycles. The Hall–Kier alpha value is -1.39. The fraction of sp³-hybridized carbons (Fsp3) is 0.500. The zero-order chi connectivity index (χ0) is 19.1. The lowest BCUT2D eigenvalue weighted by Crippen LogP contribution is -2.36. The van der Waals surface area contributed by atoms with Gasteiger partial charge < -0.3 is 20.1 Å². The number of thiazole rings is 1. The molecule has 1 aromatic heterocycles. The van der Waals surface area contributed by atoms with Gasteiger partial charge in [-0.25, -0.2) is 4.98 Å². The Bertz CT molecular complexity index is 775. The lowest BCUT2D eigenvalue weighted by molar-refractivity contribution is 0.0676. The van der Waals surface area contributed by atoms with E-state index in [0.717, 1.165) is 41.7 Å². The molecule has 0 radical (unpaired) electrons. The molecule has 1 aliphatic heterocycles. The van der Waals surface area contributed by atoms with Gasteiger partial charge >= 0.3 is 0 Å². The van der Waals surface area contributed by atoms with Gasteiger partial charge in [-0.05, 0) is 38.3 Å². The van der Waals surface area contributed by atoms with E-state index in [9.17, 15) is 0 Å². The summed E-state index contributed by atoms with van der Waals surface area (Å²) in [5.41, 5.74) is 2.29. The SMILES string of the molecule is CN=C(NCc1ncc(C)s1)NCc1ccc(C)cc1OCC1CCCO1.I. The highest BCUT2D eigenvalue weighted by molar-refractivity contribution is 14.0. The summed E-state index contributed by atoms with van der Waals surface area (Å²) in [6.07, 6.45) is 4.30. The highest BCUT2D eigenvalue weighted by Crippen LogP contribution is 2.22. The van der Waals surface area contributed by atoms with E-state index >= 15 is 0 Å². The van der Waals surface area contributed by atoms with Crippen LogP contribution in [0.1, 0.15) is 33.9 Å². The standard InChI is InChI=1S/C20H28N4O2S.HI/c1-14-6-7-16(18(9-14)26-13-17-5-4-8-25-17)11-23-20(21-3)24-12-19-22-10-15(2)27-19;/h6-7,9-10,17H,4-5,8,11-13H2,1-3H3,(H2,21,23,24);1H. The van der Waals surface area contributed by atoms with Gasteiger partial charge in [0.2, 0.25) is 0 Å². The highest BCUT2D eigenvalue weighted by Gasteiger charge is 2.17. The number of guanidine groups is 1. The first-order valence-electron chi connectivity index (χ1n) is 9.34. The van der Waals surface area contributed by atoms with Crippen LogP contribution < -0.4 is 15.4 Å². The number of halogens is 1. The lowest BCUT2D eigenvalue weighted by atomic mass is 10.1. The second kappa shape index (κ2) is 11.6. The Morgan fingerprint density at radius 1 is 1.32 bits per heavy atom. The average molecular weight is 516 g/mol. The van der Waals surface area contributed by atoms with Gasteiger partial charge in [-0.3, -0.25) is 4.99 Å². The summed E-state index contributed by atoms with van der Waals surface area (Å²) in [4.78, 5) is 9.87. The molecule has 2 heterocycles. The molecule has 1 aliphatic rings. The first-order valence-corrected chi connectivity index (χ1v) is 10.2. The largest absolute Gasteiger partial charge is 0.491 e. The number of ether oxygens (including phenoxy) is 2. The Morgan fingerprint density at radius 3 is 2.82 bits per heavy atom. The van der Waals surface area contributed by atoms with Gasteiger partial charge in [0.1, 0.15) is 17.4 Å². The highest BCUT2D eigenvalue weighted by atomic mass is 127. The number of nitrogens with one attached hydrogen (secondary N) is 2.